The first-order valence-electron chi connectivity index (χ1n) is 7.55. The van der Waals surface area contributed by atoms with Gasteiger partial charge in [0.05, 0.1) is 11.9 Å². The lowest BCUT2D eigenvalue weighted by Crippen LogP contribution is -2.30. The summed E-state index contributed by atoms with van der Waals surface area (Å²) in [5.74, 6) is -0.228. The first-order valence-corrected chi connectivity index (χ1v) is 9.21. The number of β-amino-alcohol motifs (C(OH)–C–C–N with tert-alkyl or cyclic N) is 1. The number of anilines is 1. The molecule has 2 atom stereocenters. The summed E-state index contributed by atoms with van der Waals surface area (Å²) in [6, 6.07) is 6.23. The first-order chi connectivity index (χ1) is 10.9. The molecule has 23 heavy (non-hydrogen) atoms. The van der Waals surface area contributed by atoms with E-state index in [1.54, 1.807) is 31.2 Å². The van der Waals surface area contributed by atoms with Crippen molar-refractivity contribution in [1.82, 2.24) is 4.90 Å². The fourth-order valence-corrected chi connectivity index (χ4v) is 3.06. The fourth-order valence-electron chi connectivity index (χ4n) is 2.42. The Kier molecular flexibility index (Phi) is 5.61. The molecule has 0 spiro atoms. The minimum atomic E-state index is -3.34. The van der Waals surface area contributed by atoms with Gasteiger partial charge in [-0.1, -0.05) is 0 Å². The molecule has 2 N–H and O–H groups in total. The van der Waals surface area contributed by atoms with Gasteiger partial charge in [0.15, 0.2) is 0 Å². The van der Waals surface area contributed by atoms with E-state index >= 15 is 0 Å². The SMILES string of the molecule is CCO[C@H]1CN(C(=O)c2ccc(NS(=O)(=O)CC)cc2)C[C@@H]1O. The van der Waals surface area contributed by atoms with Crippen molar-refractivity contribution in [2.45, 2.75) is 26.1 Å². The molecule has 0 unspecified atom stereocenters. The summed E-state index contributed by atoms with van der Waals surface area (Å²) in [6.45, 7) is 4.45. The summed E-state index contributed by atoms with van der Waals surface area (Å²) in [5.41, 5.74) is 0.853. The molecule has 1 fully saturated rings. The molecule has 1 aromatic carbocycles. The van der Waals surface area contributed by atoms with Crippen LogP contribution in [0.25, 0.3) is 0 Å². The number of hydrogen-bond acceptors (Lipinski definition) is 5. The highest BCUT2D eigenvalue weighted by Crippen LogP contribution is 2.18. The summed E-state index contributed by atoms with van der Waals surface area (Å²) in [5, 5.41) is 9.89. The Morgan fingerprint density at radius 3 is 2.52 bits per heavy atom. The minimum Gasteiger partial charge on any atom is -0.388 e. The van der Waals surface area contributed by atoms with Crippen LogP contribution in [0.4, 0.5) is 5.69 Å². The molecule has 7 nitrogen and oxygen atoms in total. The lowest BCUT2D eigenvalue weighted by atomic mass is 10.2. The zero-order valence-electron chi connectivity index (χ0n) is 13.2. The molecule has 1 aliphatic rings. The molecule has 2 rings (SSSR count). The Morgan fingerprint density at radius 1 is 1.30 bits per heavy atom. The lowest BCUT2D eigenvalue weighted by molar-refractivity contribution is -0.00237. The summed E-state index contributed by atoms with van der Waals surface area (Å²) >= 11 is 0. The molecule has 1 aromatic rings. The largest absolute Gasteiger partial charge is 0.388 e. The number of hydrogen-bond donors (Lipinski definition) is 2. The number of amides is 1. The number of ether oxygens (including phenoxy) is 1. The fraction of sp³-hybridized carbons (Fsp3) is 0.533. The first kappa shape index (κ1) is 17.7. The Bertz CT molecular complexity index is 644. The molecule has 0 saturated carbocycles. The average molecular weight is 342 g/mol. The quantitative estimate of drug-likeness (QED) is 0.792. The normalized spacial score (nSPS) is 21.4. The van der Waals surface area contributed by atoms with Crippen molar-refractivity contribution in [1.29, 1.82) is 0 Å². The summed E-state index contributed by atoms with van der Waals surface area (Å²) in [4.78, 5) is 14.0. The van der Waals surface area contributed by atoms with Crippen molar-refractivity contribution in [3.05, 3.63) is 29.8 Å². The van der Waals surface area contributed by atoms with Gasteiger partial charge in [0.1, 0.15) is 6.10 Å². The van der Waals surface area contributed by atoms with E-state index in [1.807, 2.05) is 6.92 Å². The zero-order chi connectivity index (χ0) is 17.0. The van der Waals surface area contributed by atoms with Gasteiger partial charge in [0, 0.05) is 30.9 Å². The molecule has 0 aromatic heterocycles. The molecule has 0 aliphatic carbocycles. The van der Waals surface area contributed by atoms with E-state index in [4.69, 9.17) is 4.74 Å². The van der Waals surface area contributed by atoms with Crippen LogP contribution in [0.2, 0.25) is 0 Å². The van der Waals surface area contributed by atoms with E-state index in [2.05, 4.69) is 4.72 Å². The van der Waals surface area contributed by atoms with E-state index in [9.17, 15) is 18.3 Å². The maximum atomic E-state index is 12.4. The number of carbonyl (C=O) groups is 1. The van der Waals surface area contributed by atoms with Gasteiger partial charge in [0.2, 0.25) is 10.0 Å². The monoisotopic (exact) mass is 342 g/mol. The molecular formula is C15H22N2O5S. The van der Waals surface area contributed by atoms with Crippen LogP contribution in [0.15, 0.2) is 24.3 Å². The lowest BCUT2D eigenvalue weighted by Gasteiger charge is -2.16. The van der Waals surface area contributed by atoms with Crippen LogP contribution in [0, 0.1) is 0 Å². The van der Waals surface area contributed by atoms with Crippen molar-refractivity contribution in [2.75, 3.05) is 30.2 Å². The number of benzene rings is 1. The standard InChI is InChI=1S/C15H22N2O5S/c1-3-22-14-10-17(9-13(14)18)15(19)11-5-7-12(8-6-11)16-23(20,21)4-2/h5-8,13-14,16,18H,3-4,9-10H2,1-2H3/t13-,14-/m0/s1. The van der Waals surface area contributed by atoms with Crippen LogP contribution in [0.5, 0.6) is 0 Å². The molecular weight excluding hydrogens is 320 g/mol. The van der Waals surface area contributed by atoms with Crippen molar-refractivity contribution in [2.24, 2.45) is 0 Å². The van der Waals surface area contributed by atoms with Crippen LogP contribution in [0.1, 0.15) is 24.2 Å². The van der Waals surface area contributed by atoms with Crippen molar-refractivity contribution in [3.63, 3.8) is 0 Å². The third-order valence-corrected chi connectivity index (χ3v) is 5.00. The van der Waals surface area contributed by atoms with E-state index in [0.29, 0.717) is 24.4 Å². The molecule has 0 bridgehead atoms. The maximum Gasteiger partial charge on any atom is 0.254 e. The van der Waals surface area contributed by atoms with Crippen LogP contribution in [-0.4, -0.2) is 62.0 Å². The van der Waals surface area contributed by atoms with Crippen molar-refractivity contribution < 1.29 is 23.1 Å². The van der Waals surface area contributed by atoms with Crippen LogP contribution in [0.3, 0.4) is 0 Å². The molecule has 8 heteroatoms. The third kappa shape index (κ3) is 4.43. The van der Waals surface area contributed by atoms with E-state index < -0.39 is 16.1 Å². The number of nitrogens with zero attached hydrogens (tertiary/aromatic N) is 1. The highest BCUT2D eigenvalue weighted by Gasteiger charge is 2.34. The number of sulfonamides is 1. The summed E-state index contributed by atoms with van der Waals surface area (Å²) in [7, 11) is -3.34. The second-order valence-electron chi connectivity index (χ2n) is 5.35. The highest BCUT2D eigenvalue weighted by molar-refractivity contribution is 7.92. The Hall–Kier alpha value is -1.64. The molecule has 1 amide bonds. The predicted octanol–water partition coefficient (Wildman–Crippen LogP) is 0.670. The summed E-state index contributed by atoms with van der Waals surface area (Å²) in [6.07, 6.45) is -1.05. The van der Waals surface area contributed by atoms with E-state index in [-0.39, 0.29) is 24.3 Å². The van der Waals surface area contributed by atoms with Gasteiger partial charge in [0.25, 0.3) is 5.91 Å². The molecule has 128 valence electrons. The molecule has 1 heterocycles. The Labute approximate surface area is 136 Å². The van der Waals surface area contributed by atoms with Crippen molar-refractivity contribution in [3.8, 4) is 0 Å². The van der Waals surface area contributed by atoms with Gasteiger partial charge in [-0.25, -0.2) is 8.42 Å². The van der Waals surface area contributed by atoms with Crippen molar-refractivity contribution >= 4 is 21.6 Å². The predicted molar refractivity (Wildman–Crippen MR) is 86.8 cm³/mol. The molecule has 1 aliphatic heterocycles. The molecule has 1 saturated heterocycles. The number of nitrogens with one attached hydrogen (secondary N) is 1. The topological polar surface area (TPSA) is 95.9 Å². The number of aliphatic hydroxyl groups excluding tert-OH is 1. The second-order valence-corrected chi connectivity index (χ2v) is 7.37. The Balaban J connectivity index is 2.04. The third-order valence-electron chi connectivity index (χ3n) is 3.69. The van der Waals surface area contributed by atoms with Gasteiger partial charge in [-0.05, 0) is 38.1 Å². The van der Waals surface area contributed by atoms with E-state index in [1.165, 1.54) is 4.90 Å². The van der Waals surface area contributed by atoms with E-state index in [0.717, 1.165) is 0 Å². The maximum absolute atomic E-state index is 12.4. The minimum absolute atomic E-state index is 0.0157. The zero-order valence-corrected chi connectivity index (χ0v) is 14.0. The van der Waals surface area contributed by atoms with Gasteiger partial charge >= 0.3 is 0 Å². The average Bonchev–Trinajstić information content (AvgIpc) is 2.88. The van der Waals surface area contributed by atoms with Gasteiger partial charge in [-0.2, -0.15) is 0 Å². The number of likely N-dealkylation sites (tertiary alicyclic amines) is 1. The van der Waals surface area contributed by atoms with Gasteiger partial charge in [-0.15, -0.1) is 0 Å². The highest BCUT2D eigenvalue weighted by atomic mass is 32.2. The molecule has 0 radical (unpaired) electrons. The second kappa shape index (κ2) is 7.29. The van der Waals surface area contributed by atoms with Crippen LogP contribution in [-0.2, 0) is 14.8 Å². The number of aliphatic hydroxyl groups is 1. The number of rotatable bonds is 6. The van der Waals surface area contributed by atoms with Crippen LogP contribution < -0.4 is 4.72 Å². The Morgan fingerprint density at radius 2 is 1.96 bits per heavy atom. The van der Waals surface area contributed by atoms with Crippen LogP contribution >= 0.6 is 0 Å². The summed E-state index contributed by atoms with van der Waals surface area (Å²) < 4.78 is 30.8. The van der Waals surface area contributed by atoms with Gasteiger partial charge < -0.3 is 14.7 Å². The smallest absolute Gasteiger partial charge is 0.254 e. The van der Waals surface area contributed by atoms with Gasteiger partial charge in [-0.3, -0.25) is 9.52 Å². The number of carbonyl (C=O) groups excluding carboxylic acids is 1.